The van der Waals surface area contributed by atoms with Crippen LogP contribution in [-0.2, 0) is 42.4 Å². The molecular weight excluding hydrogens is 958 g/mol. The molecule has 11 heteroatoms. The van der Waals surface area contributed by atoms with Crippen LogP contribution in [-0.4, -0.2) is 45.5 Å². The van der Waals surface area contributed by atoms with E-state index in [1.54, 1.807) is 76.6 Å². The Kier molecular flexibility index (Phi) is 23.8. The number of ether oxygens (including phenoxy) is 5. The van der Waals surface area contributed by atoms with E-state index in [-0.39, 0.29) is 72.3 Å². The minimum absolute atomic E-state index is 0. The number of aromatic hydroxyl groups is 1. The first-order chi connectivity index (χ1) is 34.7. The molecule has 6 aromatic rings. The van der Waals surface area contributed by atoms with E-state index in [9.17, 15) is 18.4 Å². The number of hydrogen-bond acceptors (Lipinski definition) is 8. The van der Waals surface area contributed by atoms with Gasteiger partial charge in [0.25, 0.3) is 0 Å². The fourth-order valence-electron chi connectivity index (χ4n) is 7.81. The maximum absolute atomic E-state index is 14.9. The minimum atomic E-state index is -0.301. The number of phenols is 1. The maximum atomic E-state index is 14.9. The van der Waals surface area contributed by atoms with Crippen LogP contribution >= 0.6 is 11.6 Å². The summed E-state index contributed by atoms with van der Waals surface area (Å²) in [6.45, 7) is 16.5. The van der Waals surface area contributed by atoms with Crippen LogP contribution in [0, 0.1) is 35.3 Å². The highest BCUT2D eigenvalue weighted by molar-refractivity contribution is 6.17. The third kappa shape index (κ3) is 17.7. The van der Waals surface area contributed by atoms with Crippen LogP contribution in [0.3, 0.4) is 0 Å². The average Bonchev–Trinajstić information content (AvgIpc) is 3.38. The van der Waals surface area contributed by atoms with Gasteiger partial charge in [0.05, 0.1) is 53.1 Å². The Labute approximate surface area is 443 Å². The largest absolute Gasteiger partial charge is 0.508 e. The van der Waals surface area contributed by atoms with Crippen molar-refractivity contribution >= 4 is 23.5 Å². The van der Waals surface area contributed by atoms with E-state index in [1.165, 1.54) is 26.4 Å². The highest BCUT2D eigenvalue weighted by Gasteiger charge is 2.23. The van der Waals surface area contributed by atoms with Gasteiger partial charge in [0.2, 0.25) is 0 Å². The van der Waals surface area contributed by atoms with Crippen LogP contribution in [0.25, 0.3) is 22.3 Å². The maximum Gasteiger partial charge on any atom is 0.307 e. The lowest BCUT2D eigenvalue weighted by Gasteiger charge is -2.24. The van der Waals surface area contributed by atoms with E-state index in [0.717, 1.165) is 44.5 Å². The van der Waals surface area contributed by atoms with Crippen LogP contribution in [0.4, 0.5) is 8.78 Å². The second-order valence-corrected chi connectivity index (χ2v) is 19.3. The van der Waals surface area contributed by atoms with Gasteiger partial charge in [-0.05, 0) is 142 Å². The first-order valence-electron chi connectivity index (χ1n) is 23.7. The van der Waals surface area contributed by atoms with E-state index < -0.39 is 0 Å². The van der Waals surface area contributed by atoms with Crippen molar-refractivity contribution in [3.8, 4) is 68.9 Å². The first-order valence-corrected chi connectivity index (χ1v) is 24.2. The number of benzene rings is 6. The van der Waals surface area contributed by atoms with Crippen LogP contribution in [0.5, 0.6) is 23.0 Å². The van der Waals surface area contributed by atoms with Crippen molar-refractivity contribution in [1.29, 1.82) is 0 Å². The van der Waals surface area contributed by atoms with E-state index in [0.29, 0.717) is 40.9 Å². The second kappa shape index (κ2) is 28.8. The molecule has 0 aliphatic heterocycles. The molecule has 6 rings (SSSR count). The Morgan fingerprint density at radius 1 is 0.554 bits per heavy atom. The Morgan fingerprint density at radius 2 is 0.946 bits per heavy atom. The fourth-order valence-corrected chi connectivity index (χ4v) is 7.97. The number of rotatable bonds is 14. The lowest BCUT2D eigenvalue weighted by atomic mass is 9.81. The zero-order valence-electron chi connectivity index (χ0n) is 44.0. The topological polar surface area (TPSA) is 101 Å². The van der Waals surface area contributed by atoms with Gasteiger partial charge < -0.3 is 28.8 Å². The Hall–Kier alpha value is -7.27. The summed E-state index contributed by atoms with van der Waals surface area (Å²) in [5.41, 5.74) is 8.32. The molecule has 0 aromatic heterocycles. The predicted molar refractivity (Wildman–Crippen MR) is 295 cm³/mol. The van der Waals surface area contributed by atoms with Crippen molar-refractivity contribution in [2.75, 3.05) is 28.4 Å². The standard InChI is InChI=1S/C31H33FO4.C18H20ClFO.C13H14O3.CH4/c1-7-8-23(18-30(33)35-6)22-10-12-24(13-11-22)36-20-21-9-15-28(31(2,3)4)26(17-21)27-19-25(34-5)14-16-29(27)32;1-18(2,3)16-7-5-12(11-19)9-14(16)15-10-13(21-4)6-8-17(15)20;1-3-4-11(9-13(15)16-2)10-5-7-12(14)8-6-10;/h9-17,19,23H,18,20H2,1-6H3;5-10H,11H2,1-4H3;5-8,11,14H,9H2,1-2H3;1H4/t23-;;11-;/m0.0./s1. The lowest BCUT2D eigenvalue weighted by Crippen LogP contribution is -2.13. The lowest BCUT2D eigenvalue weighted by molar-refractivity contribution is -0.141. The van der Waals surface area contributed by atoms with Crippen molar-refractivity contribution in [1.82, 2.24) is 0 Å². The van der Waals surface area contributed by atoms with Crippen molar-refractivity contribution in [2.45, 2.75) is 111 Å². The number of methoxy groups -OCH3 is 4. The fraction of sp³-hybridized carbons (Fsp3) is 0.333. The summed E-state index contributed by atoms with van der Waals surface area (Å²) in [4.78, 5) is 22.9. The summed E-state index contributed by atoms with van der Waals surface area (Å²) in [5, 5.41) is 9.17. The third-order valence-electron chi connectivity index (χ3n) is 11.7. The highest BCUT2D eigenvalue weighted by Crippen LogP contribution is 2.39. The normalized spacial score (nSPS) is 11.4. The molecule has 0 fully saturated rings. The Balaban J connectivity index is 0.000000321. The van der Waals surface area contributed by atoms with Gasteiger partial charge >= 0.3 is 11.9 Å². The molecule has 0 amide bonds. The minimum Gasteiger partial charge on any atom is -0.508 e. The molecule has 0 heterocycles. The number of esters is 2. The molecule has 0 saturated carbocycles. The molecule has 392 valence electrons. The van der Waals surface area contributed by atoms with Gasteiger partial charge in [-0.1, -0.05) is 109 Å². The summed E-state index contributed by atoms with van der Waals surface area (Å²) >= 11 is 5.93. The molecule has 8 nitrogen and oxygen atoms in total. The van der Waals surface area contributed by atoms with E-state index >= 15 is 0 Å². The molecule has 0 aliphatic rings. The zero-order valence-corrected chi connectivity index (χ0v) is 44.7. The van der Waals surface area contributed by atoms with Crippen molar-refractivity contribution < 1.29 is 47.2 Å². The molecule has 0 aliphatic carbocycles. The van der Waals surface area contributed by atoms with E-state index in [1.807, 2.05) is 60.7 Å². The number of carbonyl (C=O) groups is 2. The van der Waals surface area contributed by atoms with Gasteiger partial charge in [-0.3, -0.25) is 9.59 Å². The molecule has 0 saturated heterocycles. The smallest absolute Gasteiger partial charge is 0.307 e. The number of phenolic OH excluding ortho intramolecular Hbond substituents is 1. The van der Waals surface area contributed by atoms with Crippen molar-refractivity contribution in [2.24, 2.45) is 0 Å². The van der Waals surface area contributed by atoms with Gasteiger partial charge in [-0.15, -0.1) is 23.4 Å². The average molecular weight is 1030 g/mol. The van der Waals surface area contributed by atoms with Gasteiger partial charge in [-0.25, -0.2) is 8.78 Å². The molecule has 2 atom stereocenters. The number of hydrogen-bond donors (Lipinski definition) is 1. The van der Waals surface area contributed by atoms with Gasteiger partial charge in [-0.2, -0.15) is 0 Å². The van der Waals surface area contributed by atoms with E-state index in [2.05, 4.69) is 70.0 Å². The number of alkyl halides is 1. The number of carbonyl (C=O) groups excluding carboxylic acids is 2. The van der Waals surface area contributed by atoms with Crippen LogP contribution in [0.2, 0.25) is 0 Å². The van der Waals surface area contributed by atoms with Gasteiger partial charge in [0.15, 0.2) is 0 Å². The molecule has 0 bridgehead atoms. The first kappa shape index (κ1) is 61.0. The summed E-state index contributed by atoms with van der Waals surface area (Å²) < 4.78 is 55.2. The van der Waals surface area contributed by atoms with Crippen molar-refractivity contribution in [3.63, 3.8) is 0 Å². The molecular formula is C63H71ClF2O8. The third-order valence-corrected chi connectivity index (χ3v) is 12.0. The monoisotopic (exact) mass is 1030 g/mol. The highest BCUT2D eigenvalue weighted by atomic mass is 35.5. The summed E-state index contributed by atoms with van der Waals surface area (Å²) in [6.07, 6.45) is 0.420. The second-order valence-electron chi connectivity index (χ2n) is 19.0. The zero-order chi connectivity index (χ0) is 53.9. The van der Waals surface area contributed by atoms with Crippen molar-refractivity contribution in [3.05, 3.63) is 166 Å². The molecule has 0 unspecified atom stereocenters. The van der Waals surface area contributed by atoms with Crippen LogP contribution in [0.1, 0.15) is 121 Å². The van der Waals surface area contributed by atoms with Crippen LogP contribution < -0.4 is 14.2 Å². The predicted octanol–water partition coefficient (Wildman–Crippen LogP) is 15.3. The molecule has 0 radical (unpaired) electrons. The Bertz CT molecular complexity index is 2910. The molecule has 0 spiro atoms. The molecule has 1 N–H and O–H groups in total. The van der Waals surface area contributed by atoms with E-state index in [4.69, 9.17) is 35.7 Å². The summed E-state index contributed by atoms with van der Waals surface area (Å²) in [5.74, 6) is 12.7. The van der Waals surface area contributed by atoms with Gasteiger partial charge in [0.1, 0.15) is 41.2 Å². The number of halogens is 3. The quantitative estimate of drug-likeness (QED) is 0.0654. The van der Waals surface area contributed by atoms with Crippen LogP contribution in [0.15, 0.2) is 121 Å². The Morgan fingerprint density at radius 3 is 1.32 bits per heavy atom. The van der Waals surface area contributed by atoms with Gasteiger partial charge in [0, 0.05) is 17.0 Å². The molecule has 74 heavy (non-hydrogen) atoms. The molecule has 6 aromatic carbocycles. The summed E-state index contributed by atoms with van der Waals surface area (Å²) in [6, 6.07) is 35.8. The summed E-state index contributed by atoms with van der Waals surface area (Å²) in [7, 11) is 5.88. The SMILES string of the molecule is C.CC#C[C@@H](CC(=O)OC)c1ccc(O)cc1.CC#C[C@@H](CC(=O)OC)c1ccc(OCc2ccc(C(C)(C)C)c(-c3cc(OC)ccc3F)c2)cc1.COc1ccc(F)c(-c2cc(CCl)ccc2C(C)(C)C)c1.